The van der Waals surface area contributed by atoms with E-state index in [2.05, 4.69) is 10.5 Å². The number of benzene rings is 1. The number of nitrogens with zero attached hydrogens (tertiary/aromatic N) is 2. The highest BCUT2D eigenvalue weighted by atomic mass is 32.2. The van der Waals surface area contributed by atoms with E-state index in [1.165, 1.54) is 4.31 Å². The first-order chi connectivity index (χ1) is 12.9. The van der Waals surface area contributed by atoms with Gasteiger partial charge in [0.25, 0.3) is 5.91 Å². The van der Waals surface area contributed by atoms with Crippen molar-refractivity contribution in [2.75, 3.05) is 13.1 Å². The van der Waals surface area contributed by atoms with Gasteiger partial charge >= 0.3 is 0 Å². The molecule has 1 aliphatic carbocycles. The number of carbonyl (C=O) groups excluding carboxylic acids is 1. The van der Waals surface area contributed by atoms with E-state index in [9.17, 15) is 13.2 Å². The molecule has 146 valence electrons. The van der Waals surface area contributed by atoms with E-state index in [1.807, 2.05) is 20.8 Å². The van der Waals surface area contributed by atoms with Gasteiger partial charge < -0.3 is 9.84 Å². The zero-order chi connectivity index (χ0) is 19.6. The Balaban J connectivity index is 1.67. The van der Waals surface area contributed by atoms with Crippen LogP contribution in [-0.4, -0.2) is 36.9 Å². The standard InChI is InChI=1S/C19H25N3O4S/c1-4-22(5-2)27(24,25)16-10-8-14(9-11-16)13(3)20-19(23)17-12-18(26-21-17)15-6-7-15/h8-13,15H,4-7H2,1-3H3,(H,20,23)/t13-/m1/s1. The van der Waals surface area contributed by atoms with Crippen molar-refractivity contribution in [1.82, 2.24) is 14.8 Å². The molecule has 1 atom stereocenters. The van der Waals surface area contributed by atoms with Gasteiger partial charge in [-0.1, -0.05) is 31.1 Å². The molecule has 0 aliphatic heterocycles. The summed E-state index contributed by atoms with van der Waals surface area (Å²) in [5.74, 6) is 0.855. The second-order valence-electron chi connectivity index (χ2n) is 6.74. The molecule has 0 saturated heterocycles. The monoisotopic (exact) mass is 391 g/mol. The molecule has 2 aromatic rings. The summed E-state index contributed by atoms with van der Waals surface area (Å²) in [6, 6.07) is 8.00. The Morgan fingerprint density at radius 2 is 1.89 bits per heavy atom. The predicted octanol–water partition coefficient (Wildman–Crippen LogP) is 3.07. The smallest absolute Gasteiger partial charge is 0.273 e. The SMILES string of the molecule is CCN(CC)S(=O)(=O)c1ccc([C@@H](C)NC(=O)c2cc(C3CC3)on2)cc1. The average Bonchev–Trinajstić information content (AvgIpc) is 3.39. The number of amides is 1. The van der Waals surface area contributed by atoms with Crippen LogP contribution in [0.5, 0.6) is 0 Å². The number of aromatic nitrogens is 1. The van der Waals surface area contributed by atoms with Crippen LogP contribution in [0.4, 0.5) is 0 Å². The maximum Gasteiger partial charge on any atom is 0.273 e. The Bertz CT molecular complexity index is 897. The van der Waals surface area contributed by atoms with Crippen LogP contribution in [0, 0.1) is 0 Å². The highest BCUT2D eigenvalue weighted by Gasteiger charge is 2.29. The van der Waals surface area contributed by atoms with Crippen molar-refractivity contribution in [3.8, 4) is 0 Å². The van der Waals surface area contributed by atoms with Crippen LogP contribution in [0.3, 0.4) is 0 Å². The normalized spacial score (nSPS) is 15.7. The first kappa shape index (κ1) is 19.6. The summed E-state index contributed by atoms with van der Waals surface area (Å²) in [6.07, 6.45) is 2.16. The number of hydrogen-bond donors (Lipinski definition) is 1. The molecule has 0 spiro atoms. The summed E-state index contributed by atoms with van der Waals surface area (Å²) in [4.78, 5) is 12.6. The molecule has 8 heteroatoms. The summed E-state index contributed by atoms with van der Waals surface area (Å²) < 4.78 is 31.7. The van der Waals surface area contributed by atoms with E-state index < -0.39 is 10.0 Å². The third kappa shape index (κ3) is 4.22. The highest BCUT2D eigenvalue weighted by molar-refractivity contribution is 7.89. The Morgan fingerprint density at radius 3 is 2.44 bits per heavy atom. The second-order valence-corrected chi connectivity index (χ2v) is 8.68. The molecule has 3 rings (SSSR count). The molecule has 0 radical (unpaired) electrons. The van der Waals surface area contributed by atoms with Crippen LogP contribution >= 0.6 is 0 Å². The zero-order valence-corrected chi connectivity index (χ0v) is 16.6. The van der Waals surface area contributed by atoms with E-state index >= 15 is 0 Å². The molecule has 1 amide bonds. The van der Waals surface area contributed by atoms with Gasteiger partial charge in [-0.25, -0.2) is 8.42 Å². The fraction of sp³-hybridized carbons (Fsp3) is 0.474. The molecule has 1 aromatic carbocycles. The Hall–Kier alpha value is -2.19. The van der Waals surface area contributed by atoms with E-state index in [4.69, 9.17) is 4.52 Å². The summed E-state index contributed by atoms with van der Waals surface area (Å²) in [6.45, 7) is 6.31. The first-order valence-electron chi connectivity index (χ1n) is 9.24. The van der Waals surface area contributed by atoms with Gasteiger partial charge in [0.1, 0.15) is 5.76 Å². The van der Waals surface area contributed by atoms with Gasteiger partial charge in [0.05, 0.1) is 10.9 Å². The molecule has 7 nitrogen and oxygen atoms in total. The van der Waals surface area contributed by atoms with Gasteiger partial charge in [-0.2, -0.15) is 4.31 Å². The molecule has 1 aromatic heterocycles. The maximum absolute atomic E-state index is 12.5. The molecular formula is C19H25N3O4S. The quantitative estimate of drug-likeness (QED) is 0.746. The van der Waals surface area contributed by atoms with Crippen LogP contribution in [0.2, 0.25) is 0 Å². The minimum Gasteiger partial charge on any atom is -0.360 e. The first-order valence-corrected chi connectivity index (χ1v) is 10.7. The number of carbonyl (C=O) groups is 1. The minimum absolute atomic E-state index is 0.249. The molecule has 0 bridgehead atoms. The van der Waals surface area contributed by atoms with Crippen LogP contribution in [0.25, 0.3) is 0 Å². The van der Waals surface area contributed by atoms with Crippen molar-refractivity contribution in [3.05, 3.63) is 47.3 Å². The lowest BCUT2D eigenvalue weighted by atomic mass is 10.1. The number of sulfonamides is 1. The third-order valence-electron chi connectivity index (χ3n) is 4.81. The molecule has 0 unspecified atom stereocenters. The van der Waals surface area contributed by atoms with Gasteiger partial charge in [0, 0.05) is 25.1 Å². The Morgan fingerprint density at radius 1 is 1.26 bits per heavy atom. The topological polar surface area (TPSA) is 92.5 Å². The highest BCUT2D eigenvalue weighted by Crippen LogP contribution is 2.40. The van der Waals surface area contributed by atoms with Gasteiger partial charge in [0.15, 0.2) is 5.69 Å². The maximum atomic E-state index is 12.5. The van der Waals surface area contributed by atoms with Crippen LogP contribution in [0.15, 0.2) is 39.8 Å². The van der Waals surface area contributed by atoms with Crippen molar-refractivity contribution < 1.29 is 17.7 Å². The van der Waals surface area contributed by atoms with Crippen molar-refractivity contribution in [1.29, 1.82) is 0 Å². The van der Waals surface area contributed by atoms with E-state index in [0.29, 0.717) is 19.0 Å². The third-order valence-corrected chi connectivity index (χ3v) is 6.88. The summed E-state index contributed by atoms with van der Waals surface area (Å²) >= 11 is 0. The lowest BCUT2D eigenvalue weighted by Crippen LogP contribution is -2.30. The van der Waals surface area contributed by atoms with Crippen LogP contribution < -0.4 is 5.32 Å². The number of hydrogen-bond acceptors (Lipinski definition) is 5. The molecule has 27 heavy (non-hydrogen) atoms. The summed E-state index contributed by atoms with van der Waals surface area (Å²) in [7, 11) is -3.49. The largest absolute Gasteiger partial charge is 0.360 e. The molecule has 1 N–H and O–H groups in total. The Kier molecular flexibility index (Phi) is 5.67. The summed E-state index contributed by atoms with van der Waals surface area (Å²) in [5, 5.41) is 6.70. The van der Waals surface area contributed by atoms with Crippen molar-refractivity contribution in [2.24, 2.45) is 0 Å². The van der Waals surface area contributed by atoms with Crippen molar-refractivity contribution >= 4 is 15.9 Å². The van der Waals surface area contributed by atoms with Crippen LogP contribution in [-0.2, 0) is 10.0 Å². The van der Waals surface area contributed by atoms with E-state index in [0.717, 1.165) is 24.2 Å². The van der Waals surface area contributed by atoms with Crippen molar-refractivity contribution in [2.45, 2.75) is 50.5 Å². The lowest BCUT2D eigenvalue weighted by Gasteiger charge is -2.19. The molecule has 1 aliphatic rings. The number of nitrogens with one attached hydrogen (secondary N) is 1. The fourth-order valence-corrected chi connectivity index (χ4v) is 4.41. The van der Waals surface area contributed by atoms with Gasteiger partial charge in [0.2, 0.25) is 10.0 Å². The van der Waals surface area contributed by atoms with E-state index in [1.54, 1.807) is 30.3 Å². The molecule has 1 saturated carbocycles. The van der Waals surface area contributed by atoms with Gasteiger partial charge in [-0.15, -0.1) is 0 Å². The van der Waals surface area contributed by atoms with Gasteiger partial charge in [-0.05, 0) is 37.5 Å². The van der Waals surface area contributed by atoms with Crippen molar-refractivity contribution in [3.63, 3.8) is 0 Å². The minimum atomic E-state index is -3.49. The van der Waals surface area contributed by atoms with Gasteiger partial charge in [-0.3, -0.25) is 4.79 Å². The fourth-order valence-electron chi connectivity index (χ4n) is 2.95. The summed E-state index contributed by atoms with van der Waals surface area (Å²) in [5.41, 5.74) is 1.08. The lowest BCUT2D eigenvalue weighted by molar-refractivity contribution is 0.0930. The van der Waals surface area contributed by atoms with E-state index in [-0.39, 0.29) is 22.5 Å². The predicted molar refractivity (Wildman–Crippen MR) is 101 cm³/mol. The van der Waals surface area contributed by atoms with Crippen LogP contribution in [0.1, 0.15) is 67.4 Å². The number of rotatable bonds is 8. The average molecular weight is 391 g/mol. The Labute approximate surface area is 159 Å². The molecule has 1 heterocycles. The second kappa shape index (κ2) is 7.82. The molecular weight excluding hydrogens is 366 g/mol. The zero-order valence-electron chi connectivity index (χ0n) is 15.8. The molecule has 1 fully saturated rings.